The molecular weight excluding hydrogens is 1830 g/mol. The van der Waals surface area contributed by atoms with Crippen LogP contribution in [0.2, 0.25) is 10.0 Å². The molecule has 0 spiro atoms. The monoisotopic (exact) mass is 1950 g/mol. The summed E-state index contributed by atoms with van der Waals surface area (Å²) < 4.78 is 90.5. The van der Waals surface area contributed by atoms with Gasteiger partial charge in [0.25, 0.3) is 17.7 Å². The maximum absolute atomic E-state index is 14.3. The minimum absolute atomic E-state index is 0.00626. The van der Waals surface area contributed by atoms with Crippen molar-refractivity contribution in [1.82, 2.24) is 9.88 Å². The van der Waals surface area contributed by atoms with Crippen molar-refractivity contribution in [1.29, 1.82) is 0 Å². The fraction of sp³-hybridized carbons (Fsp3) is 0.214. The first-order valence-electron chi connectivity index (χ1n) is 45.4. The van der Waals surface area contributed by atoms with E-state index >= 15 is 0 Å². The van der Waals surface area contributed by atoms with Gasteiger partial charge in [-0.15, -0.1) is 0 Å². The number of rotatable bonds is 27. The Balaban J connectivity index is 0.000000174. The Morgan fingerprint density at radius 1 is 0.438 bits per heavy atom. The van der Waals surface area contributed by atoms with E-state index in [-0.39, 0.29) is 29.6 Å². The average Bonchev–Trinajstić information content (AvgIpc) is 1.63. The SMILES string of the molecule is C=CCOc1ccc(OCC)cc1.CC(C)Oc1ccc(Cl)cc1Cl.CC(C)c1ccc(CBr)cc1.CC(C)c1ccc(N2Cc3ccccc3C2=O)cc1.CCOc1ccc2ccccc2c1.Cc1ccc(Oc2ccc(OC(C)F)cc2)nc1.FC(Cc1ccccc1)c1ccccc1.FCc1ccc(OCc2ccccc2)cc1.O=C1c2ccccc2C(=O)N1C(F)Cc1ccccc1. The third kappa shape index (κ3) is 36.4. The van der Waals surface area contributed by atoms with Gasteiger partial charge in [0.1, 0.15) is 66.3 Å². The van der Waals surface area contributed by atoms with E-state index in [1.54, 1.807) is 134 Å². The predicted molar refractivity (Wildman–Crippen MR) is 552 cm³/mol. The molecule has 1 aromatic heterocycles. The summed E-state index contributed by atoms with van der Waals surface area (Å²) in [5.41, 5.74) is 12.9. The number of halogens is 7. The standard InChI is InChI=1S/C17H17NO.C16H12FNO2.C14H14FNO2.C14H13FO.C14H13F.C12H12O.C11H14O2.C10H13Br.C9H10Cl2O/c1-12(2)13-7-9-15(10-8-13)18-11-14-5-3-4-6-16(14)17(18)19;17-14(10-11-6-2-1-3-7-11)18-15(19)12-8-4-5-9-13(12)16(18)20;1-10-3-8-14(16-9-10)18-13-6-4-12(5-7-13)17-11(2)15;15-10-12-6-8-14(9-7-12)16-11-13-4-2-1-3-5-13;15-14(13-9-5-2-6-10-13)11-12-7-3-1-4-8-12;1-2-13-12-8-7-10-5-3-4-6-11(10)9-12;1-3-9-13-11-7-5-10(6-8-11)12-4-2;1-8(2)10-5-3-9(7-11)4-6-10;1-6(2)12-9-4-3-7(10)5-8(9)11/h3-10,12H,11H2,1-2H3;1-9,14H,10H2;3-9,11H,1-2H3;1-9H,10-11H2;1-10,14H,11H2;3-9H,2H2,1H3;3,5-8H,1,4,9H2,2H3;3-6,8H,7H2,1-2H3;3-6H,1-2H3. The first-order valence-corrected chi connectivity index (χ1v) is 47.2. The molecule has 17 rings (SSSR count). The molecule has 137 heavy (non-hydrogen) atoms. The molecule has 3 unspecified atom stereocenters. The zero-order chi connectivity index (χ0) is 98.2. The van der Waals surface area contributed by atoms with Crippen LogP contribution in [0.5, 0.6) is 46.1 Å². The maximum atomic E-state index is 14.3. The number of hydrogen-bond donors (Lipinski definition) is 0. The molecule has 3 atom stereocenters. The quantitative estimate of drug-likeness (QED) is 0.0160. The smallest absolute Gasteiger partial charge is 0.263 e. The normalized spacial score (nSPS) is 11.9. The number of nitrogens with zero attached hydrogens (tertiary/aromatic N) is 3. The van der Waals surface area contributed by atoms with Gasteiger partial charge in [-0.25, -0.2) is 27.4 Å². The highest BCUT2D eigenvalue weighted by atomic mass is 79.9. The van der Waals surface area contributed by atoms with Crippen molar-refractivity contribution in [2.24, 2.45) is 0 Å². The Morgan fingerprint density at radius 3 is 1.43 bits per heavy atom. The van der Waals surface area contributed by atoms with Crippen molar-refractivity contribution >= 4 is 73.3 Å². The summed E-state index contributed by atoms with van der Waals surface area (Å²) in [6, 6.07) is 114. The van der Waals surface area contributed by atoms with Crippen LogP contribution in [-0.2, 0) is 38.0 Å². The van der Waals surface area contributed by atoms with E-state index in [9.17, 15) is 31.9 Å². The summed E-state index contributed by atoms with van der Waals surface area (Å²) >= 11 is 15.0. The number of imide groups is 1. The number of anilines is 1. The molecule has 2 aliphatic rings. The summed E-state index contributed by atoms with van der Waals surface area (Å²) in [7, 11) is 0. The van der Waals surface area contributed by atoms with Crippen molar-refractivity contribution in [2.45, 2.75) is 144 Å². The van der Waals surface area contributed by atoms with Gasteiger partial charge in [-0.1, -0.05) is 316 Å². The Bertz CT molecular complexity index is 6050. The number of ether oxygens (including phenoxy) is 7. The van der Waals surface area contributed by atoms with Crippen LogP contribution in [0.15, 0.2) is 383 Å². The number of benzene rings is 14. The second kappa shape index (κ2) is 57.8. The van der Waals surface area contributed by atoms with E-state index in [0.717, 1.165) is 79.6 Å². The molecule has 20 heteroatoms. The minimum atomic E-state index is -1.65. The van der Waals surface area contributed by atoms with Gasteiger partial charge in [0.2, 0.25) is 12.2 Å². The van der Waals surface area contributed by atoms with Crippen LogP contribution in [0.4, 0.5) is 23.2 Å². The molecule has 13 nitrogen and oxygen atoms in total. The van der Waals surface area contributed by atoms with Crippen LogP contribution in [0, 0.1) is 6.92 Å². The van der Waals surface area contributed by atoms with Gasteiger partial charge in [0.15, 0.2) is 6.30 Å². The third-order valence-corrected chi connectivity index (χ3v) is 21.8. The van der Waals surface area contributed by atoms with Crippen molar-refractivity contribution in [2.75, 3.05) is 24.7 Å². The van der Waals surface area contributed by atoms with Gasteiger partial charge in [0.05, 0.1) is 42.0 Å². The fourth-order valence-corrected chi connectivity index (χ4v) is 14.3. The molecule has 15 aromatic rings. The molecule has 2 aliphatic heterocycles. The Hall–Kier alpha value is -13.8. The van der Waals surface area contributed by atoms with Gasteiger partial charge in [-0.2, -0.15) is 0 Å². The summed E-state index contributed by atoms with van der Waals surface area (Å²) in [5, 5.41) is 4.61. The molecule has 0 fully saturated rings. The zero-order valence-corrected chi connectivity index (χ0v) is 82.0. The Labute approximate surface area is 822 Å². The van der Waals surface area contributed by atoms with Crippen LogP contribution in [0.1, 0.15) is 167 Å². The average molecular weight is 1950 g/mol. The molecule has 0 radical (unpaired) electrons. The fourth-order valence-electron chi connectivity index (χ4n) is 13.5. The molecule has 14 aromatic carbocycles. The number of alkyl halides is 5. The molecule has 0 saturated heterocycles. The Kier molecular flexibility index (Phi) is 45.1. The van der Waals surface area contributed by atoms with E-state index in [2.05, 4.69) is 116 Å². The maximum Gasteiger partial charge on any atom is 0.263 e. The first-order chi connectivity index (χ1) is 66.3. The number of aromatic nitrogens is 1. The zero-order valence-electron chi connectivity index (χ0n) is 78.9. The van der Waals surface area contributed by atoms with E-state index in [4.69, 9.17) is 56.4 Å². The molecule has 0 N–H and O–H groups in total. The lowest BCUT2D eigenvalue weighted by molar-refractivity contribution is 0.0418. The topological polar surface area (TPSA) is 135 Å². The van der Waals surface area contributed by atoms with Gasteiger partial charge in [0, 0.05) is 53.6 Å². The van der Waals surface area contributed by atoms with E-state index in [1.165, 1.54) is 34.4 Å². The van der Waals surface area contributed by atoms with Gasteiger partial charge in [-0.3, -0.25) is 14.4 Å². The van der Waals surface area contributed by atoms with E-state index in [0.29, 0.717) is 88.3 Å². The summed E-state index contributed by atoms with van der Waals surface area (Å²) in [6.45, 7) is 26.2. The number of hydrogen-bond acceptors (Lipinski definition) is 11. The van der Waals surface area contributed by atoms with Crippen molar-refractivity contribution < 1.29 is 65.1 Å². The summed E-state index contributed by atoms with van der Waals surface area (Å²) in [5.74, 6) is 5.85. The predicted octanol–water partition coefficient (Wildman–Crippen LogP) is 31.7. The molecule has 0 bridgehead atoms. The van der Waals surface area contributed by atoms with Crippen LogP contribution >= 0.6 is 39.1 Å². The van der Waals surface area contributed by atoms with Crippen molar-refractivity contribution in [3.8, 4) is 46.1 Å². The molecule has 0 saturated carbocycles. The summed E-state index contributed by atoms with van der Waals surface area (Å²) in [4.78, 5) is 43.2. The molecule has 0 aliphatic carbocycles. The summed E-state index contributed by atoms with van der Waals surface area (Å²) in [6.07, 6.45) is 0.156. The number of amides is 3. The largest absolute Gasteiger partial charge is 0.494 e. The number of fused-ring (bicyclic) bond motifs is 3. The second-order valence-corrected chi connectivity index (χ2v) is 33.6. The van der Waals surface area contributed by atoms with Crippen LogP contribution in [0.25, 0.3) is 10.8 Å². The van der Waals surface area contributed by atoms with Crippen LogP contribution in [-0.4, -0.2) is 66.2 Å². The number of carbonyl (C=O) groups is 3. The van der Waals surface area contributed by atoms with Gasteiger partial charge < -0.3 is 38.1 Å². The lowest BCUT2D eigenvalue weighted by Gasteiger charge is -2.19. The third-order valence-electron chi connectivity index (χ3n) is 20.6. The number of pyridine rings is 1. The van der Waals surface area contributed by atoms with Crippen LogP contribution in [0.3, 0.4) is 0 Å². The highest BCUT2D eigenvalue weighted by molar-refractivity contribution is 9.08. The molecular formula is C117H118BrCl2F4N3O10. The molecule has 710 valence electrons. The first kappa shape index (κ1) is 107. The van der Waals surface area contributed by atoms with Gasteiger partial charge in [-0.05, 0) is 234 Å². The van der Waals surface area contributed by atoms with Crippen LogP contribution < -0.4 is 38.1 Å². The highest BCUT2D eigenvalue weighted by Crippen LogP contribution is 2.34. The molecule has 3 heterocycles. The van der Waals surface area contributed by atoms with E-state index in [1.807, 2.05) is 222 Å². The number of aryl methyl sites for hydroxylation is 1. The van der Waals surface area contributed by atoms with E-state index < -0.39 is 37.3 Å². The second-order valence-electron chi connectivity index (χ2n) is 32.2. The lowest BCUT2D eigenvalue weighted by Crippen LogP contribution is -2.38. The lowest BCUT2D eigenvalue weighted by atomic mass is 10.0. The number of carbonyl (C=O) groups excluding carboxylic acids is 3. The van der Waals surface area contributed by atoms with Gasteiger partial charge >= 0.3 is 0 Å². The molecule has 3 amide bonds. The van der Waals surface area contributed by atoms with Crippen molar-refractivity contribution in [3.63, 3.8) is 0 Å². The Morgan fingerprint density at radius 2 is 0.912 bits per heavy atom. The highest BCUT2D eigenvalue weighted by Gasteiger charge is 2.40. The minimum Gasteiger partial charge on any atom is -0.494 e. The van der Waals surface area contributed by atoms with Crippen molar-refractivity contribution in [3.05, 3.63) is 465 Å².